The zero-order valence-corrected chi connectivity index (χ0v) is 10.4. The van der Waals surface area contributed by atoms with Gasteiger partial charge in [-0.05, 0) is 25.1 Å². The highest BCUT2D eigenvalue weighted by molar-refractivity contribution is 6.31. The number of rotatable bonds is 3. The van der Waals surface area contributed by atoms with Crippen LogP contribution < -0.4 is 10.5 Å². The van der Waals surface area contributed by atoms with Crippen molar-refractivity contribution >= 4 is 17.5 Å². The van der Waals surface area contributed by atoms with E-state index in [1.807, 2.05) is 13.0 Å². The van der Waals surface area contributed by atoms with Crippen LogP contribution in [0.2, 0.25) is 5.02 Å². The number of halogens is 1. The van der Waals surface area contributed by atoms with Crippen molar-refractivity contribution in [3.05, 3.63) is 28.8 Å². The third-order valence-corrected chi connectivity index (χ3v) is 2.56. The molecule has 1 aromatic carbocycles. The predicted octanol–water partition coefficient (Wildman–Crippen LogP) is 2.85. The van der Waals surface area contributed by atoms with Crippen LogP contribution in [-0.4, -0.2) is 11.8 Å². The molecular formula is C12H10ClN3O2. The average Bonchev–Trinajstić information content (AvgIpc) is 2.73. The lowest BCUT2D eigenvalue weighted by Crippen LogP contribution is -1.95. The van der Waals surface area contributed by atoms with E-state index >= 15 is 0 Å². The molecule has 0 unspecified atom stereocenters. The Balaban J connectivity index is 2.62. The second kappa shape index (κ2) is 4.98. The van der Waals surface area contributed by atoms with Gasteiger partial charge in [-0.25, -0.2) is 0 Å². The molecule has 0 atom stereocenters. The SMILES string of the molecule is CCOc1ccc(Cl)cc1-c1noc(N)c1C#N. The number of nitrogen functional groups attached to an aromatic ring is 1. The summed E-state index contributed by atoms with van der Waals surface area (Å²) in [6.45, 7) is 2.35. The van der Waals surface area contributed by atoms with Crippen molar-refractivity contribution in [2.45, 2.75) is 6.92 Å². The highest BCUT2D eigenvalue weighted by Gasteiger charge is 2.19. The number of nitrogens with two attached hydrogens (primary N) is 1. The lowest BCUT2D eigenvalue weighted by Gasteiger charge is -2.08. The summed E-state index contributed by atoms with van der Waals surface area (Å²) in [4.78, 5) is 0. The van der Waals surface area contributed by atoms with Gasteiger partial charge in [0.15, 0.2) is 0 Å². The van der Waals surface area contributed by atoms with Crippen LogP contribution >= 0.6 is 11.6 Å². The fourth-order valence-electron chi connectivity index (χ4n) is 1.56. The van der Waals surface area contributed by atoms with E-state index in [9.17, 15) is 0 Å². The minimum absolute atomic E-state index is 0.0186. The van der Waals surface area contributed by atoms with Crippen LogP contribution in [0.25, 0.3) is 11.3 Å². The summed E-state index contributed by atoms with van der Waals surface area (Å²) in [5.74, 6) is 0.557. The van der Waals surface area contributed by atoms with Crippen LogP contribution in [0.3, 0.4) is 0 Å². The van der Waals surface area contributed by atoms with Crippen molar-refractivity contribution in [3.63, 3.8) is 0 Å². The number of hydrogen-bond acceptors (Lipinski definition) is 5. The Morgan fingerprint density at radius 2 is 2.33 bits per heavy atom. The molecule has 18 heavy (non-hydrogen) atoms. The fraction of sp³-hybridized carbons (Fsp3) is 0.167. The van der Waals surface area contributed by atoms with Crippen LogP contribution in [0, 0.1) is 11.3 Å². The minimum Gasteiger partial charge on any atom is -0.493 e. The predicted molar refractivity (Wildman–Crippen MR) is 67.2 cm³/mol. The van der Waals surface area contributed by atoms with E-state index in [4.69, 9.17) is 31.9 Å². The summed E-state index contributed by atoms with van der Waals surface area (Å²) in [6.07, 6.45) is 0. The molecule has 2 N–H and O–H groups in total. The molecule has 6 heteroatoms. The van der Waals surface area contributed by atoms with Gasteiger partial charge in [-0.3, -0.25) is 0 Å². The second-order valence-corrected chi connectivity index (χ2v) is 3.89. The number of nitriles is 1. The highest BCUT2D eigenvalue weighted by Crippen LogP contribution is 2.35. The monoisotopic (exact) mass is 263 g/mol. The molecule has 2 rings (SSSR count). The molecule has 0 radical (unpaired) electrons. The van der Waals surface area contributed by atoms with Gasteiger partial charge in [0.1, 0.15) is 23.1 Å². The van der Waals surface area contributed by atoms with Crippen LogP contribution in [-0.2, 0) is 0 Å². The maximum atomic E-state index is 9.04. The van der Waals surface area contributed by atoms with Gasteiger partial charge in [0.25, 0.3) is 0 Å². The first kappa shape index (κ1) is 12.3. The van der Waals surface area contributed by atoms with Crippen LogP contribution in [0.4, 0.5) is 5.88 Å². The third-order valence-electron chi connectivity index (χ3n) is 2.33. The number of benzene rings is 1. The Kier molecular flexibility index (Phi) is 3.40. The second-order valence-electron chi connectivity index (χ2n) is 3.46. The number of nitrogens with zero attached hydrogens (tertiary/aromatic N) is 2. The zero-order valence-electron chi connectivity index (χ0n) is 9.61. The molecule has 92 valence electrons. The molecule has 0 amide bonds. The van der Waals surface area contributed by atoms with Crippen molar-refractivity contribution in [2.24, 2.45) is 0 Å². The Morgan fingerprint density at radius 3 is 3.00 bits per heavy atom. The standard InChI is InChI=1S/C12H10ClN3O2/c1-2-17-10-4-3-7(13)5-8(10)11-9(6-14)12(15)18-16-11/h3-5H,2,15H2,1H3. The first-order valence-electron chi connectivity index (χ1n) is 5.25. The number of ether oxygens (including phenoxy) is 1. The maximum absolute atomic E-state index is 9.04. The smallest absolute Gasteiger partial charge is 0.240 e. The van der Waals surface area contributed by atoms with Crippen LogP contribution in [0.15, 0.2) is 22.7 Å². The number of hydrogen-bond donors (Lipinski definition) is 1. The average molecular weight is 264 g/mol. The Bertz CT molecular complexity index is 616. The van der Waals surface area contributed by atoms with Gasteiger partial charge in [0.05, 0.1) is 6.61 Å². The quantitative estimate of drug-likeness (QED) is 0.920. The topological polar surface area (TPSA) is 85.1 Å². The number of anilines is 1. The molecule has 0 spiro atoms. The first-order valence-corrected chi connectivity index (χ1v) is 5.63. The van der Waals surface area contributed by atoms with Crippen molar-refractivity contribution < 1.29 is 9.26 Å². The molecule has 0 bridgehead atoms. The molecule has 0 saturated heterocycles. The number of aromatic nitrogens is 1. The van der Waals surface area contributed by atoms with E-state index in [0.717, 1.165) is 0 Å². The molecular weight excluding hydrogens is 254 g/mol. The summed E-state index contributed by atoms with van der Waals surface area (Å²) in [6, 6.07) is 7.02. The normalized spacial score (nSPS) is 10.1. The van der Waals surface area contributed by atoms with E-state index < -0.39 is 0 Å². The molecule has 2 aromatic rings. The van der Waals surface area contributed by atoms with E-state index in [1.54, 1.807) is 18.2 Å². The lowest BCUT2D eigenvalue weighted by atomic mass is 10.1. The first-order chi connectivity index (χ1) is 8.67. The lowest BCUT2D eigenvalue weighted by molar-refractivity contribution is 0.341. The van der Waals surface area contributed by atoms with Crippen LogP contribution in [0.1, 0.15) is 12.5 Å². The van der Waals surface area contributed by atoms with E-state index in [0.29, 0.717) is 28.6 Å². The van der Waals surface area contributed by atoms with Gasteiger partial charge in [-0.15, -0.1) is 0 Å². The highest BCUT2D eigenvalue weighted by atomic mass is 35.5. The molecule has 0 saturated carbocycles. The maximum Gasteiger partial charge on any atom is 0.240 e. The van der Waals surface area contributed by atoms with Gasteiger partial charge >= 0.3 is 0 Å². The Hall–Kier alpha value is -2.19. The van der Waals surface area contributed by atoms with Crippen molar-refractivity contribution in [3.8, 4) is 23.1 Å². The van der Waals surface area contributed by atoms with E-state index in [1.165, 1.54) is 0 Å². The van der Waals surface area contributed by atoms with Gasteiger partial charge in [0, 0.05) is 10.6 Å². The summed E-state index contributed by atoms with van der Waals surface area (Å²) < 4.78 is 10.3. The molecule has 0 aliphatic carbocycles. The van der Waals surface area contributed by atoms with E-state index in [-0.39, 0.29) is 11.4 Å². The zero-order chi connectivity index (χ0) is 13.1. The Morgan fingerprint density at radius 1 is 1.56 bits per heavy atom. The molecule has 0 aliphatic rings. The summed E-state index contributed by atoms with van der Waals surface area (Å²) in [5.41, 5.74) is 6.62. The fourth-order valence-corrected chi connectivity index (χ4v) is 1.74. The summed E-state index contributed by atoms with van der Waals surface area (Å²) in [5, 5.41) is 13.3. The van der Waals surface area contributed by atoms with E-state index in [2.05, 4.69) is 5.16 Å². The third kappa shape index (κ3) is 2.11. The molecule has 1 heterocycles. The minimum atomic E-state index is -0.0186. The molecule has 0 fully saturated rings. The van der Waals surface area contributed by atoms with Crippen molar-refractivity contribution in [1.29, 1.82) is 5.26 Å². The van der Waals surface area contributed by atoms with Crippen molar-refractivity contribution in [1.82, 2.24) is 5.16 Å². The summed E-state index contributed by atoms with van der Waals surface area (Å²) in [7, 11) is 0. The molecule has 5 nitrogen and oxygen atoms in total. The van der Waals surface area contributed by atoms with Gasteiger partial charge in [0.2, 0.25) is 5.88 Å². The van der Waals surface area contributed by atoms with Gasteiger partial charge in [-0.2, -0.15) is 5.26 Å². The largest absolute Gasteiger partial charge is 0.493 e. The summed E-state index contributed by atoms with van der Waals surface area (Å²) >= 11 is 5.94. The molecule has 0 aliphatic heterocycles. The van der Waals surface area contributed by atoms with Crippen LogP contribution in [0.5, 0.6) is 5.75 Å². The van der Waals surface area contributed by atoms with Gasteiger partial charge < -0.3 is 15.0 Å². The van der Waals surface area contributed by atoms with Crippen molar-refractivity contribution in [2.75, 3.05) is 12.3 Å². The Labute approximate surface area is 109 Å². The van der Waals surface area contributed by atoms with Gasteiger partial charge in [-0.1, -0.05) is 16.8 Å². The molecule has 1 aromatic heterocycles.